The number of nitrogens with zero attached hydrogens (tertiary/aromatic N) is 1. The van der Waals surface area contributed by atoms with Crippen molar-refractivity contribution in [2.45, 2.75) is 52.9 Å². The molecule has 14 heteroatoms. The Morgan fingerprint density at radius 1 is 0.939 bits per heavy atom. The highest BCUT2D eigenvalue weighted by Gasteiger charge is 2.74. The lowest BCUT2D eigenvalue weighted by molar-refractivity contribution is -0.178. The summed E-state index contributed by atoms with van der Waals surface area (Å²) in [5, 5.41) is 11.3. The van der Waals surface area contributed by atoms with E-state index in [9.17, 15) is 10.1 Å². The zero-order valence-electron chi connectivity index (χ0n) is 27.0. The van der Waals surface area contributed by atoms with Crippen LogP contribution in [0.15, 0.2) is 65.1 Å². The predicted octanol–water partition coefficient (Wildman–Crippen LogP) is 7.69. The third-order valence-corrected chi connectivity index (χ3v) is 9.28. The van der Waals surface area contributed by atoms with Gasteiger partial charge in [0, 0.05) is 31.4 Å². The first-order valence-corrected chi connectivity index (χ1v) is 17.4. The summed E-state index contributed by atoms with van der Waals surface area (Å²) in [6.07, 6.45) is -0.221. The first kappa shape index (κ1) is 37.6. The average molecular weight is 800 g/mol. The van der Waals surface area contributed by atoms with Gasteiger partial charge in [-0.05, 0) is 72.4 Å². The molecule has 1 aliphatic heterocycles. The van der Waals surface area contributed by atoms with Crippen LogP contribution in [-0.2, 0) is 45.9 Å². The fourth-order valence-corrected chi connectivity index (χ4v) is 7.21. The van der Waals surface area contributed by atoms with Crippen molar-refractivity contribution >= 4 is 56.7 Å². The molecule has 1 fully saturated rings. The molecule has 0 unspecified atom stereocenters. The van der Waals surface area contributed by atoms with Gasteiger partial charge in [-0.3, -0.25) is 0 Å². The number of nitriles is 1. The monoisotopic (exact) mass is 797 g/mol. The van der Waals surface area contributed by atoms with Gasteiger partial charge in [0.1, 0.15) is 41.5 Å². The molecule has 49 heavy (non-hydrogen) atoms. The van der Waals surface area contributed by atoms with E-state index in [4.69, 9.17) is 72.7 Å². The highest BCUT2D eigenvalue weighted by molar-refractivity contribution is 9.10. The second-order valence-electron chi connectivity index (χ2n) is 11.4. The fraction of sp³-hybridized carbons (Fsp3) is 0.429. The average Bonchev–Trinajstić information content (AvgIpc) is 3.91. The number of rotatable bonds is 12. The van der Waals surface area contributed by atoms with Gasteiger partial charge in [0.05, 0.1) is 11.6 Å². The lowest BCUT2D eigenvalue weighted by atomic mass is 9.55. The van der Waals surface area contributed by atoms with Crippen LogP contribution in [0.1, 0.15) is 51.6 Å². The van der Waals surface area contributed by atoms with Gasteiger partial charge < -0.3 is 37.9 Å². The summed E-state index contributed by atoms with van der Waals surface area (Å²) in [4.78, 5) is 13.5. The molecule has 6 rings (SSSR count). The van der Waals surface area contributed by atoms with E-state index < -0.39 is 39.6 Å². The number of carbonyl (C=O) groups excluding carboxylic acids is 1. The Kier molecular flexibility index (Phi) is 12.7. The second-order valence-corrected chi connectivity index (χ2v) is 14.3. The largest absolute Gasteiger partial charge is 0.467 e. The Morgan fingerprint density at radius 3 is 2.18 bits per heavy atom. The predicted molar refractivity (Wildman–Crippen MR) is 185 cm³/mol. The van der Waals surface area contributed by atoms with Crippen molar-refractivity contribution in [2.75, 3.05) is 41.7 Å². The highest BCUT2D eigenvalue weighted by Crippen LogP contribution is 2.65. The molecule has 5 atom stereocenters. The second kappa shape index (κ2) is 16.6. The van der Waals surface area contributed by atoms with Crippen molar-refractivity contribution in [1.29, 1.82) is 5.26 Å². The minimum Gasteiger partial charge on any atom is -0.467 e. The van der Waals surface area contributed by atoms with E-state index in [0.717, 1.165) is 15.6 Å². The molecular weight excluding hydrogens is 765 g/mol. The van der Waals surface area contributed by atoms with E-state index in [1.807, 2.05) is 30.3 Å². The summed E-state index contributed by atoms with van der Waals surface area (Å²) in [5.41, 5.74) is 0.673. The third-order valence-electron chi connectivity index (χ3n) is 8.75. The molecule has 3 aromatic rings. The maximum atomic E-state index is 13.5. The van der Waals surface area contributed by atoms with Crippen LogP contribution in [0.5, 0.6) is 11.5 Å². The van der Waals surface area contributed by atoms with E-state index >= 15 is 0 Å². The zero-order valence-corrected chi connectivity index (χ0v) is 30.8. The minimum atomic E-state index is -1.36. The number of carbonyl (C=O) groups is 1. The number of ether oxygens (including phenoxy) is 8. The van der Waals surface area contributed by atoms with Gasteiger partial charge in [-0.25, -0.2) is 4.79 Å². The Morgan fingerprint density at radius 2 is 1.55 bits per heavy atom. The third kappa shape index (κ3) is 7.40. The SMILES string of the molecule is COCOc1cccc2c1CCC[C@@]2(C#N)[C@]1(OCOC)c2cccc(OCOC)c2[C@H](OC(=O)c2ccc(Br)cc2)[C@H]2O[C@H]21.ClC(Cl)Cl. The minimum absolute atomic E-state index is 0.0445. The van der Waals surface area contributed by atoms with Gasteiger partial charge in [0.15, 0.2) is 24.0 Å². The van der Waals surface area contributed by atoms with E-state index in [1.54, 1.807) is 37.4 Å². The summed E-state index contributed by atoms with van der Waals surface area (Å²) in [6.45, 7) is -0.0854. The van der Waals surface area contributed by atoms with Gasteiger partial charge in [0.25, 0.3) is 0 Å². The van der Waals surface area contributed by atoms with Crippen LogP contribution in [0.25, 0.3) is 0 Å². The first-order valence-electron chi connectivity index (χ1n) is 15.3. The van der Waals surface area contributed by atoms with Crippen LogP contribution >= 0.6 is 50.7 Å². The maximum absolute atomic E-state index is 13.5. The standard InChI is InChI=1S/C34H34BrNO9.CHCl3/c1-38-18-41-26-10-4-8-24-23(26)7-6-16-33(24,17-36)34(43-20-40-3)25-9-5-11-27(42-19-39-2)28(25)29(30-31(34)44-30)45-32(37)21-12-14-22(35)15-13-21;2-1(3)4/h4-5,8-15,29-31H,6-7,16,18-20H2,1-3H3;1H/t29-,30+,31+,33-,34-;/m0./s1. The topological polar surface area (TPSA) is 118 Å². The molecule has 262 valence electrons. The summed E-state index contributed by atoms with van der Waals surface area (Å²) >= 11 is 17.8. The van der Waals surface area contributed by atoms with Crippen LogP contribution < -0.4 is 9.47 Å². The number of esters is 1. The van der Waals surface area contributed by atoms with Gasteiger partial charge in [-0.15, -0.1) is 0 Å². The van der Waals surface area contributed by atoms with E-state index in [1.165, 1.54) is 14.2 Å². The number of alkyl halides is 3. The van der Waals surface area contributed by atoms with Gasteiger partial charge in [-0.1, -0.05) is 75.0 Å². The van der Waals surface area contributed by atoms with Crippen LogP contribution in [0.2, 0.25) is 0 Å². The number of hydrogen-bond donors (Lipinski definition) is 0. The van der Waals surface area contributed by atoms with E-state index in [2.05, 4.69) is 22.0 Å². The van der Waals surface area contributed by atoms with Crippen LogP contribution in [-0.4, -0.2) is 64.2 Å². The van der Waals surface area contributed by atoms with Crippen molar-refractivity contribution < 1.29 is 42.7 Å². The zero-order chi connectivity index (χ0) is 35.2. The van der Waals surface area contributed by atoms with Crippen LogP contribution in [0.4, 0.5) is 0 Å². The number of methoxy groups -OCH3 is 3. The van der Waals surface area contributed by atoms with Gasteiger partial charge in [0.2, 0.25) is 0 Å². The van der Waals surface area contributed by atoms with Crippen molar-refractivity contribution in [3.63, 3.8) is 0 Å². The number of hydrogen-bond acceptors (Lipinski definition) is 10. The highest BCUT2D eigenvalue weighted by atomic mass is 79.9. The quantitative estimate of drug-likeness (QED) is 0.0781. The first-order chi connectivity index (χ1) is 23.7. The smallest absolute Gasteiger partial charge is 0.338 e. The molecule has 0 spiro atoms. The van der Waals surface area contributed by atoms with Crippen molar-refractivity contribution in [3.8, 4) is 17.6 Å². The molecule has 0 bridgehead atoms. The summed E-state index contributed by atoms with van der Waals surface area (Å²) < 4.78 is 47.4. The van der Waals surface area contributed by atoms with Crippen molar-refractivity contribution in [3.05, 3.63) is 93.0 Å². The Balaban J connectivity index is 0.00000111. The number of epoxide rings is 1. The molecule has 0 radical (unpaired) electrons. The Hall–Kier alpha value is -2.63. The van der Waals surface area contributed by atoms with Crippen LogP contribution in [0, 0.1) is 11.3 Å². The summed E-state index contributed by atoms with van der Waals surface area (Å²) in [7, 11) is 4.63. The number of halogens is 4. The Bertz CT molecular complexity index is 1650. The molecule has 3 aliphatic rings. The van der Waals surface area contributed by atoms with Crippen molar-refractivity contribution in [2.24, 2.45) is 0 Å². The van der Waals surface area contributed by atoms with Crippen molar-refractivity contribution in [1.82, 2.24) is 0 Å². The Labute approximate surface area is 308 Å². The molecule has 2 aliphatic carbocycles. The summed E-state index contributed by atoms with van der Waals surface area (Å²) in [5.74, 6) is 0.569. The molecule has 3 aromatic carbocycles. The fourth-order valence-electron chi connectivity index (χ4n) is 6.94. The normalized spacial score (nSPS) is 24.7. The molecule has 0 amide bonds. The molecule has 0 aromatic heterocycles. The van der Waals surface area contributed by atoms with E-state index in [-0.39, 0.29) is 20.4 Å². The van der Waals surface area contributed by atoms with Crippen LogP contribution in [0.3, 0.4) is 0 Å². The molecule has 1 heterocycles. The lowest BCUT2D eigenvalue weighted by Crippen LogP contribution is -2.58. The molecule has 0 N–H and O–H groups in total. The van der Waals surface area contributed by atoms with Gasteiger partial charge >= 0.3 is 5.97 Å². The molecule has 1 saturated heterocycles. The number of fused-ring (bicyclic) bond motifs is 3. The molecular formula is C35H35BrCl3NO9. The summed E-state index contributed by atoms with van der Waals surface area (Å²) in [6, 6.07) is 20.9. The molecule has 0 saturated carbocycles. The number of benzene rings is 3. The molecule has 10 nitrogen and oxygen atoms in total. The van der Waals surface area contributed by atoms with E-state index in [0.29, 0.717) is 47.5 Å². The van der Waals surface area contributed by atoms with Gasteiger partial charge in [-0.2, -0.15) is 5.26 Å². The lowest BCUT2D eigenvalue weighted by Gasteiger charge is -2.51. The maximum Gasteiger partial charge on any atom is 0.338 e.